The van der Waals surface area contributed by atoms with Crippen LogP contribution in [0.2, 0.25) is 0 Å². The fourth-order valence-corrected chi connectivity index (χ4v) is 2.17. The number of amides is 1. The average molecular weight is 285 g/mol. The van der Waals surface area contributed by atoms with Gasteiger partial charge in [-0.05, 0) is 31.2 Å². The Balaban J connectivity index is 1.85. The van der Waals surface area contributed by atoms with Crippen molar-refractivity contribution in [1.29, 1.82) is 0 Å². The van der Waals surface area contributed by atoms with Gasteiger partial charge in [0.25, 0.3) is 5.91 Å². The number of fused-ring (bicyclic) bond motifs is 1. The Morgan fingerprint density at radius 2 is 1.95 bits per heavy atom. The average Bonchev–Trinajstić information content (AvgIpc) is 2.94. The summed E-state index contributed by atoms with van der Waals surface area (Å²) in [5.41, 5.74) is 2.13. The lowest BCUT2D eigenvalue weighted by Gasteiger charge is -2.10. The molecule has 0 radical (unpaired) electrons. The number of rotatable bonds is 3. The quantitative estimate of drug-likeness (QED) is 0.942. The van der Waals surface area contributed by atoms with Crippen LogP contribution in [0.1, 0.15) is 15.9 Å². The van der Waals surface area contributed by atoms with Crippen molar-refractivity contribution in [2.24, 2.45) is 0 Å². The highest BCUT2D eigenvalue weighted by Crippen LogP contribution is 2.34. The maximum Gasteiger partial charge on any atom is 0.259 e. The highest BCUT2D eigenvalue weighted by molar-refractivity contribution is 6.06. The van der Waals surface area contributed by atoms with Crippen LogP contribution in [0, 0.1) is 6.92 Å². The van der Waals surface area contributed by atoms with Gasteiger partial charge in [0.15, 0.2) is 11.5 Å². The van der Waals surface area contributed by atoms with Gasteiger partial charge in [0.1, 0.15) is 5.75 Å². The van der Waals surface area contributed by atoms with E-state index in [1.165, 1.54) is 0 Å². The predicted molar refractivity (Wildman–Crippen MR) is 78.2 cm³/mol. The number of hydrogen-bond donors (Lipinski definition) is 1. The molecular formula is C16H15NO4. The minimum Gasteiger partial charge on any atom is -0.496 e. The van der Waals surface area contributed by atoms with Crippen molar-refractivity contribution >= 4 is 11.6 Å². The van der Waals surface area contributed by atoms with E-state index in [1.54, 1.807) is 37.4 Å². The van der Waals surface area contributed by atoms with Gasteiger partial charge < -0.3 is 19.5 Å². The van der Waals surface area contributed by atoms with E-state index < -0.39 is 0 Å². The standard InChI is InChI=1S/C16H15NO4/c1-10-3-5-13(19-2)12(7-10)16(18)17-11-4-6-14-15(8-11)21-9-20-14/h3-8H,9H2,1-2H3,(H,17,18). The van der Waals surface area contributed by atoms with Gasteiger partial charge in [-0.15, -0.1) is 0 Å². The van der Waals surface area contributed by atoms with Gasteiger partial charge in [-0.1, -0.05) is 11.6 Å². The van der Waals surface area contributed by atoms with Gasteiger partial charge in [-0.3, -0.25) is 4.79 Å². The molecule has 0 fully saturated rings. The summed E-state index contributed by atoms with van der Waals surface area (Å²) in [6, 6.07) is 10.8. The maximum absolute atomic E-state index is 12.4. The molecule has 5 nitrogen and oxygen atoms in total. The Morgan fingerprint density at radius 3 is 2.76 bits per heavy atom. The Bertz CT molecular complexity index is 697. The zero-order valence-electron chi connectivity index (χ0n) is 11.8. The van der Waals surface area contributed by atoms with Gasteiger partial charge in [-0.25, -0.2) is 0 Å². The molecule has 0 saturated carbocycles. The van der Waals surface area contributed by atoms with Crippen molar-refractivity contribution in [3.63, 3.8) is 0 Å². The lowest BCUT2D eigenvalue weighted by Crippen LogP contribution is -2.13. The first-order chi connectivity index (χ1) is 10.2. The number of benzene rings is 2. The number of ether oxygens (including phenoxy) is 3. The molecule has 2 aromatic carbocycles. The molecule has 2 aromatic rings. The molecule has 1 aliphatic rings. The number of anilines is 1. The van der Waals surface area contributed by atoms with Crippen LogP contribution in [-0.4, -0.2) is 19.8 Å². The number of aryl methyl sites for hydroxylation is 1. The first-order valence-electron chi connectivity index (χ1n) is 6.53. The number of hydrogen-bond acceptors (Lipinski definition) is 4. The van der Waals surface area contributed by atoms with Crippen molar-refractivity contribution in [2.75, 3.05) is 19.2 Å². The lowest BCUT2D eigenvalue weighted by atomic mass is 10.1. The molecule has 0 atom stereocenters. The molecule has 0 unspecified atom stereocenters. The molecule has 108 valence electrons. The third-order valence-electron chi connectivity index (χ3n) is 3.23. The number of methoxy groups -OCH3 is 1. The van der Waals surface area contributed by atoms with Crippen molar-refractivity contribution in [3.8, 4) is 17.2 Å². The first kappa shape index (κ1) is 13.3. The molecule has 0 spiro atoms. The van der Waals surface area contributed by atoms with Crippen LogP contribution in [-0.2, 0) is 0 Å². The van der Waals surface area contributed by atoms with E-state index >= 15 is 0 Å². The van der Waals surface area contributed by atoms with Crippen molar-refractivity contribution < 1.29 is 19.0 Å². The van der Waals surface area contributed by atoms with Gasteiger partial charge in [0, 0.05) is 11.8 Å². The highest BCUT2D eigenvalue weighted by Gasteiger charge is 2.16. The third kappa shape index (κ3) is 2.63. The van der Waals surface area contributed by atoms with E-state index in [2.05, 4.69) is 5.32 Å². The van der Waals surface area contributed by atoms with E-state index in [0.717, 1.165) is 5.56 Å². The lowest BCUT2D eigenvalue weighted by molar-refractivity contribution is 0.102. The topological polar surface area (TPSA) is 56.8 Å². The molecule has 21 heavy (non-hydrogen) atoms. The second kappa shape index (κ2) is 5.36. The molecule has 1 amide bonds. The summed E-state index contributed by atoms with van der Waals surface area (Å²) in [7, 11) is 1.54. The van der Waals surface area contributed by atoms with Crippen LogP contribution in [0.3, 0.4) is 0 Å². The van der Waals surface area contributed by atoms with Crippen LogP contribution in [0.15, 0.2) is 36.4 Å². The Kier molecular flexibility index (Phi) is 3.39. The van der Waals surface area contributed by atoms with Gasteiger partial charge >= 0.3 is 0 Å². The Morgan fingerprint density at radius 1 is 1.14 bits per heavy atom. The smallest absolute Gasteiger partial charge is 0.259 e. The number of carbonyl (C=O) groups excluding carboxylic acids is 1. The summed E-state index contributed by atoms with van der Waals surface area (Å²) in [5, 5.41) is 2.84. The largest absolute Gasteiger partial charge is 0.496 e. The van der Waals surface area contributed by atoms with Gasteiger partial charge in [0.2, 0.25) is 6.79 Å². The summed E-state index contributed by atoms with van der Waals surface area (Å²) in [6.07, 6.45) is 0. The normalized spacial score (nSPS) is 12.1. The molecule has 1 N–H and O–H groups in total. The van der Waals surface area contributed by atoms with Crippen LogP contribution < -0.4 is 19.5 Å². The summed E-state index contributed by atoms with van der Waals surface area (Å²) < 4.78 is 15.8. The van der Waals surface area contributed by atoms with E-state index in [4.69, 9.17) is 14.2 Å². The summed E-state index contributed by atoms with van der Waals surface area (Å²) in [4.78, 5) is 12.4. The van der Waals surface area contributed by atoms with E-state index in [0.29, 0.717) is 28.5 Å². The summed E-state index contributed by atoms with van der Waals surface area (Å²) in [5.74, 6) is 1.62. The molecule has 0 aromatic heterocycles. The Hall–Kier alpha value is -2.69. The SMILES string of the molecule is COc1ccc(C)cc1C(=O)Nc1ccc2c(c1)OCO2. The monoisotopic (exact) mass is 285 g/mol. The third-order valence-corrected chi connectivity index (χ3v) is 3.23. The second-order valence-corrected chi connectivity index (χ2v) is 4.73. The highest BCUT2D eigenvalue weighted by atomic mass is 16.7. The van der Waals surface area contributed by atoms with Crippen LogP contribution in [0.4, 0.5) is 5.69 Å². The number of nitrogens with one attached hydrogen (secondary N) is 1. The number of carbonyl (C=O) groups is 1. The van der Waals surface area contributed by atoms with E-state index in [9.17, 15) is 4.79 Å². The molecule has 3 rings (SSSR count). The fraction of sp³-hybridized carbons (Fsp3) is 0.188. The maximum atomic E-state index is 12.4. The van der Waals surface area contributed by atoms with Crippen molar-refractivity contribution in [1.82, 2.24) is 0 Å². The van der Waals surface area contributed by atoms with Gasteiger partial charge in [-0.2, -0.15) is 0 Å². The van der Waals surface area contributed by atoms with E-state index in [-0.39, 0.29) is 12.7 Å². The van der Waals surface area contributed by atoms with Crippen LogP contribution >= 0.6 is 0 Å². The molecular weight excluding hydrogens is 270 g/mol. The fourth-order valence-electron chi connectivity index (χ4n) is 2.17. The first-order valence-corrected chi connectivity index (χ1v) is 6.53. The molecule has 0 bridgehead atoms. The summed E-state index contributed by atoms with van der Waals surface area (Å²) in [6.45, 7) is 2.13. The molecule has 1 aliphatic heterocycles. The second-order valence-electron chi connectivity index (χ2n) is 4.73. The minimum absolute atomic E-state index is 0.207. The van der Waals surface area contributed by atoms with Crippen molar-refractivity contribution in [3.05, 3.63) is 47.5 Å². The molecule has 5 heteroatoms. The van der Waals surface area contributed by atoms with Crippen molar-refractivity contribution in [2.45, 2.75) is 6.92 Å². The van der Waals surface area contributed by atoms with Crippen LogP contribution in [0.25, 0.3) is 0 Å². The predicted octanol–water partition coefficient (Wildman–Crippen LogP) is 2.98. The van der Waals surface area contributed by atoms with Crippen LogP contribution in [0.5, 0.6) is 17.2 Å². The van der Waals surface area contributed by atoms with E-state index in [1.807, 2.05) is 13.0 Å². The molecule has 0 aliphatic carbocycles. The molecule has 1 heterocycles. The molecule has 0 saturated heterocycles. The minimum atomic E-state index is -0.227. The zero-order valence-corrected chi connectivity index (χ0v) is 11.8. The summed E-state index contributed by atoms with van der Waals surface area (Å²) >= 11 is 0. The zero-order chi connectivity index (χ0) is 14.8. The Labute approximate surface area is 122 Å². The van der Waals surface area contributed by atoms with Gasteiger partial charge in [0.05, 0.1) is 12.7 Å².